The third kappa shape index (κ3) is 4.80. The number of aromatic nitrogens is 2. The Morgan fingerprint density at radius 2 is 1.91 bits per heavy atom. The van der Waals surface area contributed by atoms with Crippen LogP contribution in [0.25, 0.3) is 0 Å². The number of nitrogens with zero attached hydrogens (tertiary/aromatic N) is 3. The average molecular weight is 499 g/mol. The smallest absolute Gasteiger partial charge is 0.286 e. The molecule has 1 N–H and O–H groups in total. The number of rotatable bonds is 5. The van der Waals surface area contributed by atoms with Gasteiger partial charge in [-0.2, -0.15) is 4.31 Å². The molecule has 1 aliphatic rings. The zero-order valence-corrected chi connectivity index (χ0v) is 18.9. The fourth-order valence-corrected chi connectivity index (χ4v) is 6.02. The van der Waals surface area contributed by atoms with Gasteiger partial charge in [-0.05, 0) is 55.3 Å². The topological polar surface area (TPSA) is 92.3 Å². The number of nitrogens with one attached hydrogen (secondary N) is 1. The minimum Gasteiger partial charge on any atom is -0.320 e. The number of piperidine rings is 1. The number of hydrogen-bond acceptors (Lipinski definition) is 6. The number of hydrogen-bond donors (Lipinski definition) is 1. The second-order valence-corrected chi connectivity index (χ2v) is 10.5. The third-order valence-corrected chi connectivity index (χ3v) is 8.23. The molecule has 12 heteroatoms. The molecule has 3 aromatic rings. The Bertz CT molecular complexity index is 1250. The van der Waals surface area contributed by atoms with Gasteiger partial charge in [0.15, 0.2) is 0 Å². The van der Waals surface area contributed by atoms with Crippen molar-refractivity contribution in [3.05, 3.63) is 69.1 Å². The molecule has 0 radical (unpaired) electrons. The maximum absolute atomic E-state index is 13.4. The van der Waals surface area contributed by atoms with Crippen LogP contribution in [-0.2, 0) is 10.0 Å². The van der Waals surface area contributed by atoms with Crippen molar-refractivity contribution in [3.8, 4) is 0 Å². The van der Waals surface area contributed by atoms with Crippen molar-refractivity contribution in [1.82, 2.24) is 14.5 Å². The first kappa shape index (κ1) is 22.7. The number of amides is 1. The van der Waals surface area contributed by atoms with Crippen LogP contribution >= 0.6 is 22.9 Å². The normalized spacial score (nSPS) is 17.3. The molecule has 1 amide bonds. The maximum atomic E-state index is 13.4. The molecule has 2 aromatic carbocycles. The number of sulfonamides is 1. The van der Waals surface area contributed by atoms with Crippen molar-refractivity contribution in [2.45, 2.75) is 23.7 Å². The van der Waals surface area contributed by atoms with Crippen LogP contribution < -0.4 is 5.32 Å². The van der Waals surface area contributed by atoms with E-state index >= 15 is 0 Å². The van der Waals surface area contributed by atoms with E-state index in [0.717, 1.165) is 23.5 Å². The molecule has 0 spiro atoms. The van der Waals surface area contributed by atoms with E-state index in [9.17, 15) is 22.0 Å². The van der Waals surface area contributed by atoms with E-state index in [0.29, 0.717) is 30.1 Å². The Kier molecular flexibility index (Phi) is 6.52. The van der Waals surface area contributed by atoms with Gasteiger partial charge in [-0.25, -0.2) is 17.2 Å². The number of carbonyl (C=O) groups is 1. The van der Waals surface area contributed by atoms with Gasteiger partial charge in [-0.15, -0.1) is 10.2 Å². The first-order valence-corrected chi connectivity index (χ1v) is 12.2. The van der Waals surface area contributed by atoms with E-state index in [4.69, 9.17) is 11.6 Å². The highest BCUT2D eigenvalue weighted by atomic mass is 35.5. The molecule has 32 heavy (non-hydrogen) atoms. The van der Waals surface area contributed by atoms with Crippen LogP contribution in [0, 0.1) is 11.6 Å². The molecule has 7 nitrogen and oxygen atoms in total. The molecule has 1 saturated heterocycles. The van der Waals surface area contributed by atoms with E-state index < -0.39 is 27.6 Å². The fraction of sp³-hybridized carbons (Fsp3) is 0.250. The van der Waals surface area contributed by atoms with Gasteiger partial charge in [0, 0.05) is 24.7 Å². The van der Waals surface area contributed by atoms with Gasteiger partial charge in [-0.3, -0.25) is 4.79 Å². The van der Waals surface area contributed by atoms with Crippen molar-refractivity contribution in [2.75, 3.05) is 18.4 Å². The minimum absolute atomic E-state index is 0.0822. The third-order valence-electron chi connectivity index (χ3n) is 5.00. The highest BCUT2D eigenvalue weighted by Crippen LogP contribution is 2.32. The van der Waals surface area contributed by atoms with Gasteiger partial charge >= 0.3 is 0 Å². The summed E-state index contributed by atoms with van der Waals surface area (Å²) in [5, 5.41) is 11.0. The molecule has 168 valence electrons. The second-order valence-electron chi connectivity index (χ2n) is 7.18. The van der Waals surface area contributed by atoms with Crippen LogP contribution in [-0.4, -0.2) is 41.9 Å². The number of anilines is 1. The molecule has 1 atom stereocenters. The van der Waals surface area contributed by atoms with Crippen molar-refractivity contribution < 1.29 is 22.0 Å². The quantitative estimate of drug-likeness (QED) is 0.566. The Labute approximate surface area is 192 Å². The maximum Gasteiger partial charge on any atom is 0.286 e. The number of benzene rings is 2. The van der Waals surface area contributed by atoms with Gasteiger partial charge < -0.3 is 5.32 Å². The lowest BCUT2D eigenvalue weighted by Crippen LogP contribution is -2.39. The highest BCUT2D eigenvalue weighted by molar-refractivity contribution is 7.89. The molecule has 1 fully saturated rings. The second kappa shape index (κ2) is 9.18. The zero-order valence-electron chi connectivity index (χ0n) is 16.5. The molecule has 2 heterocycles. The van der Waals surface area contributed by atoms with Crippen molar-refractivity contribution in [3.63, 3.8) is 0 Å². The minimum atomic E-state index is -3.87. The summed E-state index contributed by atoms with van der Waals surface area (Å²) in [5.74, 6) is -1.83. The standard InChI is InChI=1S/C20H17ClF2N4O3S2/c21-16-10-15(7-8-17(16)23)32(29,30)27-9-1-2-12(11-27)19-25-26-20(31-19)18(28)24-14-5-3-13(22)4-6-14/h3-8,10,12H,1-2,9,11H2,(H,24,28). The summed E-state index contributed by atoms with van der Waals surface area (Å²) in [6, 6.07) is 8.62. The summed E-state index contributed by atoms with van der Waals surface area (Å²) >= 11 is 6.83. The van der Waals surface area contributed by atoms with Crippen LogP contribution in [0.5, 0.6) is 0 Å². The summed E-state index contributed by atoms with van der Waals surface area (Å²) in [6.07, 6.45) is 1.28. The van der Waals surface area contributed by atoms with E-state index in [-0.39, 0.29) is 27.4 Å². The molecule has 1 unspecified atom stereocenters. The molecule has 4 rings (SSSR count). The molecular weight excluding hydrogens is 482 g/mol. The zero-order chi connectivity index (χ0) is 22.9. The van der Waals surface area contributed by atoms with E-state index in [1.807, 2.05) is 0 Å². The average Bonchev–Trinajstić information content (AvgIpc) is 3.28. The van der Waals surface area contributed by atoms with Crippen LogP contribution in [0.15, 0.2) is 47.4 Å². The lowest BCUT2D eigenvalue weighted by Gasteiger charge is -2.30. The monoisotopic (exact) mass is 498 g/mol. The van der Waals surface area contributed by atoms with Crippen LogP contribution in [0.3, 0.4) is 0 Å². The lowest BCUT2D eigenvalue weighted by atomic mass is 10.0. The van der Waals surface area contributed by atoms with E-state index in [1.165, 1.54) is 34.6 Å². The summed E-state index contributed by atoms with van der Waals surface area (Å²) in [4.78, 5) is 12.3. The van der Waals surface area contributed by atoms with Gasteiger partial charge in [0.05, 0.1) is 9.92 Å². The van der Waals surface area contributed by atoms with Gasteiger partial charge in [0.2, 0.25) is 15.0 Å². The van der Waals surface area contributed by atoms with Crippen LogP contribution in [0.2, 0.25) is 5.02 Å². The Balaban J connectivity index is 1.48. The van der Waals surface area contributed by atoms with Crippen molar-refractivity contribution >= 4 is 44.6 Å². The SMILES string of the molecule is O=C(Nc1ccc(F)cc1)c1nnc(C2CCCN(S(=O)(=O)c3ccc(F)c(Cl)c3)C2)s1. The molecule has 1 aromatic heterocycles. The first-order valence-electron chi connectivity index (χ1n) is 9.59. The number of halogens is 3. The first-order chi connectivity index (χ1) is 15.2. The summed E-state index contributed by atoms with van der Waals surface area (Å²) in [6.45, 7) is 0.468. The Hall–Kier alpha value is -2.47. The largest absolute Gasteiger partial charge is 0.320 e. The highest BCUT2D eigenvalue weighted by Gasteiger charge is 2.33. The Morgan fingerprint density at radius 1 is 1.16 bits per heavy atom. The van der Waals surface area contributed by atoms with E-state index in [1.54, 1.807) is 0 Å². The Morgan fingerprint density at radius 3 is 2.62 bits per heavy atom. The molecular formula is C20H17ClF2N4O3S2. The lowest BCUT2D eigenvalue weighted by molar-refractivity contribution is 0.102. The predicted octanol–water partition coefficient (Wildman–Crippen LogP) is 4.29. The van der Waals surface area contributed by atoms with Crippen LogP contribution in [0.4, 0.5) is 14.5 Å². The van der Waals surface area contributed by atoms with Gasteiger partial charge in [0.1, 0.15) is 16.6 Å². The van der Waals surface area contributed by atoms with Crippen LogP contribution in [0.1, 0.15) is 33.6 Å². The molecule has 1 aliphatic heterocycles. The van der Waals surface area contributed by atoms with Gasteiger partial charge in [-0.1, -0.05) is 22.9 Å². The fourth-order valence-electron chi connectivity index (χ4n) is 3.36. The summed E-state index contributed by atoms with van der Waals surface area (Å²) in [7, 11) is -3.87. The van der Waals surface area contributed by atoms with Crippen molar-refractivity contribution in [2.24, 2.45) is 0 Å². The van der Waals surface area contributed by atoms with Gasteiger partial charge in [0.25, 0.3) is 5.91 Å². The molecule has 0 bridgehead atoms. The van der Waals surface area contributed by atoms with E-state index in [2.05, 4.69) is 15.5 Å². The molecule has 0 aliphatic carbocycles. The summed E-state index contributed by atoms with van der Waals surface area (Å²) in [5.41, 5.74) is 0.418. The summed E-state index contributed by atoms with van der Waals surface area (Å²) < 4.78 is 53.7. The molecule has 0 saturated carbocycles. The van der Waals surface area contributed by atoms with Crippen molar-refractivity contribution in [1.29, 1.82) is 0 Å². The predicted molar refractivity (Wildman–Crippen MR) is 116 cm³/mol. The number of carbonyl (C=O) groups excluding carboxylic acids is 1.